The van der Waals surface area contributed by atoms with Gasteiger partial charge in [0.1, 0.15) is 0 Å². The molecule has 5 heterocycles. The van der Waals surface area contributed by atoms with Gasteiger partial charge in [0.15, 0.2) is 5.69 Å². The number of nitrogens with zero attached hydrogens (tertiary/aromatic N) is 7. The second-order valence-corrected chi connectivity index (χ2v) is 8.08. The Morgan fingerprint density at radius 2 is 1.67 bits per heavy atom. The Bertz CT molecular complexity index is 1410. The number of likely N-dealkylation sites (N-methyl/N-ethyl adjacent to an activating group) is 1. The van der Waals surface area contributed by atoms with E-state index in [1.807, 2.05) is 104 Å². The van der Waals surface area contributed by atoms with E-state index in [1.54, 1.807) is 23.1 Å². The Hall–Kier alpha value is -4.33. The van der Waals surface area contributed by atoms with Gasteiger partial charge in [0.25, 0.3) is 5.91 Å². The van der Waals surface area contributed by atoms with Crippen molar-refractivity contribution in [3.63, 3.8) is 0 Å². The van der Waals surface area contributed by atoms with Crippen LogP contribution in [-0.4, -0.2) is 52.8 Å². The van der Waals surface area contributed by atoms with E-state index >= 15 is 0 Å². The minimum atomic E-state index is -0.128. The van der Waals surface area contributed by atoms with Crippen LogP contribution in [0.4, 0.5) is 0 Å². The van der Waals surface area contributed by atoms with Crippen LogP contribution in [0, 0.1) is 0 Å². The summed E-state index contributed by atoms with van der Waals surface area (Å²) in [7, 11) is 0. The van der Waals surface area contributed by atoms with E-state index in [2.05, 4.69) is 20.2 Å². The summed E-state index contributed by atoms with van der Waals surface area (Å²) in [5, 5.41) is 9.14. The zero-order valence-corrected chi connectivity index (χ0v) is 21.1. The third-order valence-electron chi connectivity index (χ3n) is 5.84. The normalized spacial score (nSPS) is 11.6. The number of carbonyl (C=O) groups is 1. The van der Waals surface area contributed by atoms with Crippen molar-refractivity contribution in [3.8, 4) is 22.5 Å². The van der Waals surface area contributed by atoms with Crippen molar-refractivity contribution in [2.75, 3.05) is 6.54 Å². The third kappa shape index (κ3) is 5.02. The number of aromatic nitrogens is 6. The fourth-order valence-electron chi connectivity index (χ4n) is 4.20. The smallest absolute Gasteiger partial charge is 0.275 e. The third-order valence-corrected chi connectivity index (χ3v) is 5.84. The van der Waals surface area contributed by atoms with Gasteiger partial charge in [0.05, 0.1) is 35.2 Å². The summed E-state index contributed by atoms with van der Waals surface area (Å²) >= 11 is 0. The average Bonchev–Trinajstić information content (AvgIpc) is 3.56. The molecular weight excluding hydrogens is 450 g/mol. The Labute approximate surface area is 211 Å². The molecule has 0 aliphatic heterocycles. The van der Waals surface area contributed by atoms with E-state index in [0.29, 0.717) is 18.8 Å². The van der Waals surface area contributed by atoms with Crippen molar-refractivity contribution < 1.29 is 4.79 Å². The molecule has 184 valence electrons. The molecule has 0 saturated carbocycles. The molecule has 0 N–H and O–H groups in total. The molecule has 0 radical (unpaired) electrons. The number of amides is 1. The topological polar surface area (TPSA) is 81.2 Å². The Balaban J connectivity index is 0.00000148. The summed E-state index contributed by atoms with van der Waals surface area (Å²) in [6.45, 7) is 9.11. The van der Waals surface area contributed by atoms with Crippen LogP contribution in [0.2, 0.25) is 0 Å². The number of pyridine rings is 3. The number of hydrogen-bond acceptors (Lipinski definition) is 5. The van der Waals surface area contributed by atoms with Crippen molar-refractivity contribution in [1.29, 1.82) is 0 Å². The summed E-state index contributed by atoms with van der Waals surface area (Å²) in [6.07, 6.45) is 9.10. The lowest BCUT2D eigenvalue weighted by Gasteiger charge is -2.27. The van der Waals surface area contributed by atoms with E-state index in [0.717, 1.165) is 28.0 Å². The molecular formula is C28H31N7O. The van der Waals surface area contributed by atoms with Gasteiger partial charge >= 0.3 is 0 Å². The predicted molar refractivity (Wildman–Crippen MR) is 141 cm³/mol. The zero-order chi connectivity index (χ0) is 25.5. The van der Waals surface area contributed by atoms with Crippen LogP contribution in [0.15, 0.2) is 85.6 Å². The maximum absolute atomic E-state index is 13.8. The molecule has 0 unspecified atom stereocenters. The van der Waals surface area contributed by atoms with Crippen LogP contribution in [0.3, 0.4) is 0 Å². The fraction of sp³-hybridized carbons (Fsp3) is 0.250. The molecule has 36 heavy (non-hydrogen) atoms. The largest absolute Gasteiger partial charge is 0.333 e. The molecule has 0 saturated heterocycles. The van der Waals surface area contributed by atoms with Crippen molar-refractivity contribution in [2.24, 2.45) is 0 Å². The lowest BCUT2D eigenvalue weighted by Crippen LogP contribution is -2.41. The van der Waals surface area contributed by atoms with Crippen LogP contribution in [-0.2, 0) is 6.54 Å². The van der Waals surface area contributed by atoms with Crippen LogP contribution < -0.4 is 0 Å². The first-order valence-electron chi connectivity index (χ1n) is 12.3. The lowest BCUT2D eigenvalue weighted by atomic mass is 10.1. The standard InChI is InChI=1S/C26H25N7O.C2H6/c1-3-32(19(2)17-31-18-20(16-29-31)21-10-4-7-13-27-21)26(34)25-24(22-11-5-8-14-28-22)23-12-6-9-15-33(23)30-25;1-2/h4-16,18-19H,3,17H2,1-2H3;1-2H3/t19-;/m0./s1. The van der Waals surface area contributed by atoms with Gasteiger partial charge in [-0.05, 0) is 50.2 Å². The highest BCUT2D eigenvalue weighted by atomic mass is 16.2. The van der Waals surface area contributed by atoms with Gasteiger partial charge < -0.3 is 4.90 Å². The van der Waals surface area contributed by atoms with E-state index < -0.39 is 0 Å². The number of rotatable bonds is 7. The Kier molecular flexibility index (Phi) is 7.85. The van der Waals surface area contributed by atoms with Gasteiger partial charge in [-0.15, -0.1) is 0 Å². The first-order chi connectivity index (χ1) is 17.7. The molecule has 1 atom stereocenters. The molecule has 5 rings (SSSR count). The van der Waals surface area contributed by atoms with Gasteiger partial charge in [-0.1, -0.05) is 32.0 Å². The molecule has 0 aromatic carbocycles. The van der Waals surface area contributed by atoms with E-state index in [-0.39, 0.29) is 11.9 Å². The maximum Gasteiger partial charge on any atom is 0.275 e. The van der Waals surface area contributed by atoms with Crippen LogP contribution in [0.25, 0.3) is 28.0 Å². The highest BCUT2D eigenvalue weighted by molar-refractivity contribution is 6.03. The Morgan fingerprint density at radius 1 is 0.972 bits per heavy atom. The highest BCUT2D eigenvalue weighted by Crippen LogP contribution is 2.28. The first kappa shape index (κ1) is 24.8. The van der Waals surface area contributed by atoms with Crippen LogP contribution >= 0.6 is 0 Å². The van der Waals surface area contributed by atoms with Crippen molar-refractivity contribution in [1.82, 2.24) is 34.3 Å². The number of hydrogen-bond donors (Lipinski definition) is 0. The molecule has 5 aromatic heterocycles. The first-order valence-corrected chi connectivity index (χ1v) is 12.3. The molecule has 0 aliphatic rings. The van der Waals surface area contributed by atoms with Gasteiger partial charge in [0, 0.05) is 42.9 Å². The minimum Gasteiger partial charge on any atom is -0.333 e. The van der Waals surface area contributed by atoms with Crippen molar-refractivity contribution in [3.05, 3.63) is 91.3 Å². The lowest BCUT2D eigenvalue weighted by molar-refractivity contribution is 0.0679. The SMILES string of the molecule is CC.CCN(C(=O)c1nn2ccccc2c1-c1ccccn1)[C@@H](C)Cn1cc(-c2ccccn2)cn1. The quantitative estimate of drug-likeness (QED) is 0.318. The molecule has 8 heteroatoms. The summed E-state index contributed by atoms with van der Waals surface area (Å²) in [5.74, 6) is -0.128. The number of carbonyl (C=O) groups excluding carboxylic acids is 1. The van der Waals surface area contributed by atoms with Gasteiger partial charge in [0.2, 0.25) is 0 Å². The molecule has 8 nitrogen and oxygen atoms in total. The van der Waals surface area contributed by atoms with Gasteiger partial charge in [-0.3, -0.25) is 19.4 Å². The molecule has 5 aromatic rings. The second-order valence-electron chi connectivity index (χ2n) is 8.08. The zero-order valence-electron chi connectivity index (χ0n) is 21.1. The molecule has 0 spiro atoms. The predicted octanol–water partition coefficient (Wildman–Crippen LogP) is 5.23. The van der Waals surface area contributed by atoms with E-state index in [1.165, 1.54) is 0 Å². The molecule has 0 fully saturated rings. The summed E-state index contributed by atoms with van der Waals surface area (Å²) in [4.78, 5) is 24.5. The summed E-state index contributed by atoms with van der Waals surface area (Å²) in [6, 6.07) is 17.2. The van der Waals surface area contributed by atoms with E-state index in [4.69, 9.17) is 0 Å². The van der Waals surface area contributed by atoms with Crippen molar-refractivity contribution in [2.45, 2.75) is 40.3 Å². The monoisotopic (exact) mass is 481 g/mol. The Morgan fingerprint density at radius 3 is 2.33 bits per heavy atom. The maximum atomic E-state index is 13.8. The highest BCUT2D eigenvalue weighted by Gasteiger charge is 2.28. The van der Waals surface area contributed by atoms with Gasteiger partial charge in [-0.25, -0.2) is 4.52 Å². The van der Waals surface area contributed by atoms with Crippen molar-refractivity contribution >= 4 is 11.4 Å². The molecule has 1 amide bonds. The second kappa shape index (κ2) is 11.4. The fourth-order valence-corrected chi connectivity index (χ4v) is 4.20. The average molecular weight is 482 g/mol. The van der Waals surface area contributed by atoms with Crippen LogP contribution in [0.1, 0.15) is 38.2 Å². The molecule has 0 aliphatic carbocycles. The van der Waals surface area contributed by atoms with Crippen LogP contribution in [0.5, 0.6) is 0 Å². The summed E-state index contributed by atoms with van der Waals surface area (Å²) in [5.41, 5.74) is 4.53. The van der Waals surface area contributed by atoms with E-state index in [9.17, 15) is 4.79 Å². The number of fused-ring (bicyclic) bond motifs is 1. The van der Waals surface area contributed by atoms with Gasteiger partial charge in [-0.2, -0.15) is 10.2 Å². The molecule has 0 bridgehead atoms. The minimum absolute atomic E-state index is 0.102. The summed E-state index contributed by atoms with van der Waals surface area (Å²) < 4.78 is 3.59.